The standard InChI is InChI=1S/C78H122N12O22P2/c1-78(52-60(91)24-13-9-4-2-3-5-10-14-25-65(92)81-45-48-90-68(95)34-35-69(90)96,40-36-66(93)79-42-17-19-46-88-53-58(84-86-88)22-12-8-6-7-11-21-55-26-30-61(31-27-55)110-64-51-56(38-49-113(104,105)106)70(97)73(100)72(64)99)41-37-67(94)80-43-18-20-47-89-54-59(85-87-89)23-15-16-44-82-77(103)83-57-28-32-62(33-29-57)111-76-75(102)74(101)71(98)63(112-76)39-50-114(107,108)109/h26-35,53-54,56,63-64,70-76,97-102H,2-25,36-52H2,1H3,(H,79,93)(H,80,94)(H,81,92)(H2,82,83,103)(H2,104,105,106)(H2,107,108,109)/t56-,63+,64-,70+,71+,72+,73-,74-,75-,76-,78?/m0/s1. The monoisotopic (exact) mass is 1640 g/mol. The van der Waals surface area contributed by atoms with Crippen molar-refractivity contribution in [3.05, 3.63) is 90.0 Å². The number of carbonyl (C=O) groups excluding carboxylic acids is 7. The number of ether oxygens (including phenoxy) is 3. The summed E-state index contributed by atoms with van der Waals surface area (Å²) in [5, 5.41) is 94.0. The van der Waals surface area contributed by atoms with Crippen LogP contribution in [0.15, 0.2) is 73.1 Å². The average Bonchev–Trinajstić information content (AvgIpc) is 1.29. The molecule has 1 aliphatic carbocycles. The van der Waals surface area contributed by atoms with E-state index in [0.29, 0.717) is 89.1 Å². The zero-order chi connectivity index (χ0) is 82.5. The fourth-order valence-electron chi connectivity index (χ4n) is 14.2. The molecule has 1 saturated heterocycles. The molecule has 4 aromatic rings. The number of aromatic nitrogens is 6. The predicted octanol–water partition coefficient (Wildman–Crippen LogP) is 5.88. The number of Topliss-reactive ketones (excluding diaryl/α,β-unsaturated/α-hetero) is 1. The van der Waals surface area contributed by atoms with Gasteiger partial charge in [-0.25, -0.2) is 4.79 Å². The molecular weight excluding hydrogens is 1520 g/mol. The van der Waals surface area contributed by atoms with Crippen LogP contribution in [0.1, 0.15) is 210 Å². The fraction of sp³-hybridized carbons (Fsp3) is 0.679. The van der Waals surface area contributed by atoms with E-state index in [9.17, 15) is 92.9 Å². The van der Waals surface area contributed by atoms with Crippen molar-refractivity contribution in [1.82, 2.24) is 56.2 Å². The molecule has 15 N–H and O–H groups in total. The van der Waals surface area contributed by atoms with Crippen molar-refractivity contribution in [2.75, 3.05) is 50.4 Å². The smallest absolute Gasteiger partial charge is 0.325 e. The van der Waals surface area contributed by atoms with E-state index in [1.54, 1.807) is 28.9 Å². The number of aliphatic hydroxyl groups is 6. The summed E-state index contributed by atoms with van der Waals surface area (Å²) >= 11 is 0. The Morgan fingerprint density at radius 3 is 1.56 bits per heavy atom. The van der Waals surface area contributed by atoms with Gasteiger partial charge >= 0.3 is 21.2 Å². The van der Waals surface area contributed by atoms with Crippen LogP contribution in [-0.4, -0.2) is 227 Å². The van der Waals surface area contributed by atoms with Crippen LogP contribution < -0.4 is 36.1 Å². The number of ketones is 1. The van der Waals surface area contributed by atoms with Crippen molar-refractivity contribution >= 4 is 62.2 Å². The van der Waals surface area contributed by atoms with E-state index < -0.39 is 100 Å². The topological polar surface area (TPSA) is 508 Å². The highest BCUT2D eigenvalue weighted by Crippen LogP contribution is 2.41. The summed E-state index contributed by atoms with van der Waals surface area (Å²) in [6.07, 6.45) is 14.0. The molecule has 34 nitrogen and oxygen atoms in total. The van der Waals surface area contributed by atoms with E-state index in [1.165, 1.54) is 24.3 Å². The molecule has 1 unspecified atom stereocenters. The maximum atomic E-state index is 13.6. The Bertz CT molecular complexity index is 3710. The lowest BCUT2D eigenvalue weighted by Crippen LogP contribution is -2.59. The Kier molecular flexibility index (Phi) is 40.2. The maximum absolute atomic E-state index is 13.6. The number of benzene rings is 2. The summed E-state index contributed by atoms with van der Waals surface area (Å²) in [4.78, 5) is 127. The number of nitrogens with one attached hydrogen (secondary N) is 5. The van der Waals surface area contributed by atoms with Crippen LogP contribution in [0.25, 0.3) is 0 Å². The SMILES string of the molecule is CC(CCC(=O)NCCCCn1cc(CCCCCCCc2ccc(O[C@H]3C[C@H](CCP(=O)(O)O)[C@@H](O)[C@H](O)[C@@H]3O)cc2)nn1)(CCC(=O)NCCCCn1cc(CCCCNC(=O)Nc2ccc(O[C@H]3O[C@H](CCP(=O)(O)O)[C@@H](O)[C@H](O)[C@@H]3O)cc2)nn1)CC(=O)CCCCCCCCCCC(=O)NCCN1C(=O)C=CC1=O. The number of amides is 7. The van der Waals surface area contributed by atoms with Crippen molar-refractivity contribution < 1.29 is 107 Å². The molecule has 11 atom stereocenters. The van der Waals surface area contributed by atoms with Crippen molar-refractivity contribution in [2.45, 2.75) is 281 Å². The van der Waals surface area contributed by atoms with Gasteiger partial charge in [0.05, 0.1) is 35.9 Å². The minimum Gasteiger partial charge on any atom is -0.488 e. The summed E-state index contributed by atoms with van der Waals surface area (Å²) in [5.74, 6) is -0.934. The molecule has 2 aliphatic heterocycles. The zero-order valence-corrected chi connectivity index (χ0v) is 67.4. The Hall–Kier alpha value is -7.43. The quantitative estimate of drug-likeness (QED) is 0.0139. The van der Waals surface area contributed by atoms with Crippen LogP contribution in [-0.2, 0) is 75.0 Å². The first-order valence-corrected chi connectivity index (χ1v) is 44.1. The van der Waals surface area contributed by atoms with Gasteiger partial charge in [0.1, 0.15) is 53.9 Å². The summed E-state index contributed by atoms with van der Waals surface area (Å²) in [7, 11) is -8.71. The molecule has 2 aromatic carbocycles. The number of nitrogens with zero attached hydrogens (tertiary/aromatic N) is 7. The van der Waals surface area contributed by atoms with E-state index in [4.69, 9.17) is 14.2 Å². The molecule has 7 amide bonds. The fourth-order valence-corrected chi connectivity index (χ4v) is 15.4. The Balaban J connectivity index is 0.737. The number of imide groups is 1. The normalized spacial score (nSPS) is 21.0. The average molecular weight is 1640 g/mol. The molecule has 4 heterocycles. The molecule has 2 aromatic heterocycles. The number of hydrogen-bond acceptors (Lipinski definition) is 22. The van der Waals surface area contributed by atoms with E-state index >= 15 is 0 Å². The predicted molar refractivity (Wildman–Crippen MR) is 420 cm³/mol. The van der Waals surface area contributed by atoms with Crippen LogP contribution in [0.5, 0.6) is 11.5 Å². The number of rotatable bonds is 56. The van der Waals surface area contributed by atoms with Crippen LogP contribution in [0.3, 0.4) is 0 Å². The van der Waals surface area contributed by atoms with Crippen molar-refractivity contribution in [1.29, 1.82) is 0 Å². The van der Waals surface area contributed by atoms with Gasteiger partial charge < -0.3 is 91.0 Å². The number of carbonyl (C=O) groups is 7. The van der Waals surface area contributed by atoms with E-state index in [1.807, 2.05) is 36.1 Å². The van der Waals surface area contributed by atoms with E-state index in [-0.39, 0.29) is 92.7 Å². The third-order valence-corrected chi connectivity index (χ3v) is 22.7. The third kappa shape index (κ3) is 35.6. The maximum Gasteiger partial charge on any atom is 0.325 e. The molecule has 636 valence electrons. The summed E-state index contributed by atoms with van der Waals surface area (Å²) in [6.45, 7) is 4.93. The van der Waals surface area contributed by atoms with Gasteiger partial charge in [0.15, 0.2) is 0 Å². The Morgan fingerprint density at radius 2 is 0.982 bits per heavy atom. The number of aliphatic hydroxyl groups excluding tert-OH is 6. The number of hydrogen-bond donors (Lipinski definition) is 15. The summed E-state index contributed by atoms with van der Waals surface area (Å²) in [5.41, 5.74) is 2.71. The number of aryl methyl sites for hydroxylation is 5. The third-order valence-electron chi connectivity index (χ3n) is 21.0. The highest BCUT2D eigenvalue weighted by atomic mass is 31.2. The van der Waals surface area contributed by atoms with Crippen molar-refractivity contribution in [3.8, 4) is 11.5 Å². The highest BCUT2D eigenvalue weighted by molar-refractivity contribution is 7.52. The van der Waals surface area contributed by atoms with Crippen molar-refractivity contribution in [2.24, 2.45) is 11.3 Å². The molecule has 7 rings (SSSR count). The first-order chi connectivity index (χ1) is 54.5. The second kappa shape index (κ2) is 48.9. The second-order valence-corrected chi connectivity index (χ2v) is 34.4. The zero-order valence-electron chi connectivity index (χ0n) is 65.6. The first kappa shape index (κ1) is 93.7. The molecule has 2 fully saturated rings. The van der Waals surface area contributed by atoms with Gasteiger partial charge in [0.2, 0.25) is 24.0 Å². The number of unbranched alkanes of at least 4 members (excludes halogenated alkanes) is 14. The largest absolute Gasteiger partial charge is 0.488 e. The Morgan fingerprint density at radius 1 is 0.509 bits per heavy atom. The molecule has 0 bridgehead atoms. The van der Waals surface area contributed by atoms with Gasteiger partial charge in [-0.1, -0.05) is 87.3 Å². The summed E-state index contributed by atoms with van der Waals surface area (Å²) in [6, 6.07) is 13.1. The van der Waals surface area contributed by atoms with Crippen molar-refractivity contribution in [3.63, 3.8) is 0 Å². The van der Waals surface area contributed by atoms with Gasteiger partial charge in [0, 0.05) is 108 Å². The second-order valence-electron chi connectivity index (χ2n) is 30.8. The summed E-state index contributed by atoms with van der Waals surface area (Å²) < 4.78 is 43.5. The first-order valence-electron chi connectivity index (χ1n) is 40.5. The molecule has 1 saturated carbocycles. The van der Waals surface area contributed by atoms with E-state index in [0.717, 1.165) is 144 Å². The lowest BCUT2D eigenvalue weighted by Gasteiger charge is -2.40. The molecule has 0 radical (unpaired) electrons. The van der Waals surface area contributed by atoms with Crippen LogP contribution >= 0.6 is 15.2 Å². The van der Waals surface area contributed by atoms with Gasteiger partial charge in [-0.15, -0.1) is 10.2 Å². The molecule has 0 spiro atoms. The van der Waals surface area contributed by atoms with Crippen LogP contribution in [0.2, 0.25) is 0 Å². The lowest BCUT2D eigenvalue weighted by molar-refractivity contribution is -0.272. The molecule has 36 heteroatoms. The lowest BCUT2D eigenvalue weighted by atomic mass is 9.76. The minimum absolute atomic E-state index is 0.0124. The van der Waals surface area contributed by atoms with Gasteiger partial charge in [-0.05, 0) is 169 Å². The number of urea groups is 1. The molecular formula is C78H122N12O22P2. The minimum atomic E-state index is -4.42. The Labute approximate surface area is 666 Å². The number of anilines is 1. The van der Waals surface area contributed by atoms with Crippen LogP contribution in [0.4, 0.5) is 10.5 Å². The van der Waals surface area contributed by atoms with Crippen LogP contribution in [0, 0.1) is 11.3 Å². The van der Waals surface area contributed by atoms with Gasteiger partial charge in [-0.3, -0.25) is 52.2 Å². The molecule has 114 heavy (non-hydrogen) atoms. The van der Waals surface area contributed by atoms with Gasteiger partial charge in [-0.2, -0.15) is 0 Å². The van der Waals surface area contributed by atoms with E-state index in [2.05, 4.69) is 47.2 Å². The van der Waals surface area contributed by atoms with Gasteiger partial charge in [0.25, 0.3) is 11.8 Å². The highest BCUT2D eigenvalue weighted by Gasteiger charge is 2.46. The molecule has 3 aliphatic rings.